The van der Waals surface area contributed by atoms with Crippen molar-refractivity contribution in [3.05, 3.63) is 23.0 Å². The minimum atomic E-state index is 0.960. The Morgan fingerprint density at radius 3 is 2.64 bits per heavy atom. The highest BCUT2D eigenvalue weighted by molar-refractivity contribution is 7.80. The third-order valence-corrected chi connectivity index (χ3v) is 2.33. The zero-order valence-corrected chi connectivity index (χ0v) is 8.07. The van der Waals surface area contributed by atoms with E-state index in [9.17, 15) is 0 Å². The maximum atomic E-state index is 4.38. The van der Waals surface area contributed by atoms with Crippen LogP contribution in [0.2, 0.25) is 0 Å². The number of hydrogen-bond donors (Lipinski definition) is 1. The van der Waals surface area contributed by atoms with Crippen LogP contribution in [0.4, 0.5) is 0 Å². The van der Waals surface area contributed by atoms with Crippen LogP contribution in [-0.2, 0) is 6.42 Å². The zero-order valence-electron chi connectivity index (χ0n) is 7.18. The summed E-state index contributed by atoms with van der Waals surface area (Å²) in [4.78, 5) is 5.42. The van der Waals surface area contributed by atoms with E-state index >= 15 is 0 Å². The molecule has 0 radical (unpaired) electrons. The van der Waals surface area contributed by atoms with Gasteiger partial charge in [0.15, 0.2) is 0 Å². The maximum absolute atomic E-state index is 4.38. The third kappa shape index (κ3) is 1.74. The molecule has 11 heavy (non-hydrogen) atoms. The van der Waals surface area contributed by atoms with Gasteiger partial charge in [0.1, 0.15) is 0 Å². The fourth-order valence-electron chi connectivity index (χ4n) is 1.15. The van der Waals surface area contributed by atoms with Crippen LogP contribution < -0.4 is 0 Å². The summed E-state index contributed by atoms with van der Waals surface area (Å²) in [5, 5.41) is 0. The van der Waals surface area contributed by atoms with Gasteiger partial charge in [-0.3, -0.25) is 4.98 Å². The Morgan fingerprint density at radius 2 is 2.09 bits per heavy atom. The van der Waals surface area contributed by atoms with Crippen molar-refractivity contribution in [2.45, 2.75) is 32.1 Å². The van der Waals surface area contributed by atoms with Gasteiger partial charge in [-0.05, 0) is 31.9 Å². The van der Waals surface area contributed by atoms with Crippen molar-refractivity contribution in [3.8, 4) is 0 Å². The van der Waals surface area contributed by atoms with Crippen LogP contribution in [0.1, 0.15) is 23.9 Å². The quantitative estimate of drug-likeness (QED) is 0.634. The van der Waals surface area contributed by atoms with Gasteiger partial charge in [0.05, 0.1) is 5.69 Å². The number of hydrogen-bond acceptors (Lipinski definition) is 2. The molecule has 0 bridgehead atoms. The predicted octanol–water partition coefficient (Wildman–Crippen LogP) is 2.55. The molecule has 0 spiro atoms. The number of pyridine rings is 1. The second-order valence-corrected chi connectivity index (χ2v) is 3.18. The Kier molecular flexibility index (Phi) is 2.55. The van der Waals surface area contributed by atoms with Gasteiger partial charge in [-0.25, -0.2) is 0 Å². The first kappa shape index (κ1) is 8.60. The SMILES string of the molecule is CCc1nc(C)cc(C)c1S. The standard InChI is InChI=1S/C9H13NS/c1-4-8-9(11)6(2)5-7(3)10-8/h5,11H,4H2,1-3H3. The zero-order chi connectivity index (χ0) is 8.43. The van der Waals surface area contributed by atoms with Crippen molar-refractivity contribution in [2.24, 2.45) is 0 Å². The maximum Gasteiger partial charge on any atom is 0.0539 e. The molecule has 1 nitrogen and oxygen atoms in total. The van der Waals surface area contributed by atoms with Gasteiger partial charge < -0.3 is 0 Å². The van der Waals surface area contributed by atoms with Crippen molar-refractivity contribution in [1.29, 1.82) is 0 Å². The van der Waals surface area contributed by atoms with E-state index in [1.165, 1.54) is 5.56 Å². The van der Waals surface area contributed by atoms with E-state index in [1.54, 1.807) is 0 Å². The van der Waals surface area contributed by atoms with Gasteiger partial charge in [-0.1, -0.05) is 6.92 Å². The summed E-state index contributed by atoms with van der Waals surface area (Å²) in [6, 6.07) is 2.06. The first-order valence-electron chi connectivity index (χ1n) is 3.81. The molecule has 1 heterocycles. The fraction of sp³-hybridized carbons (Fsp3) is 0.444. The van der Waals surface area contributed by atoms with E-state index < -0.39 is 0 Å². The van der Waals surface area contributed by atoms with Crippen LogP contribution in [0.5, 0.6) is 0 Å². The molecule has 0 aliphatic carbocycles. The van der Waals surface area contributed by atoms with Crippen LogP contribution in [0.25, 0.3) is 0 Å². The van der Waals surface area contributed by atoms with Crippen LogP contribution in [0, 0.1) is 13.8 Å². The second-order valence-electron chi connectivity index (χ2n) is 2.73. The molecular weight excluding hydrogens is 154 g/mol. The minimum Gasteiger partial charge on any atom is -0.257 e. The van der Waals surface area contributed by atoms with Crippen LogP contribution in [0.15, 0.2) is 11.0 Å². The lowest BCUT2D eigenvalue weighted by molar-refractivity contribution is 0.941. The Bertz CT molecular complexity index is 269. The van der Waals surface area contributed by atoms with Crippen molar-refractivity contribution in [2.75, 3.05) is 0 Å². The number of aromatic nitrogens is 1. The summed E-state index contributed by atoms with van der Waals surface area (Å²) in [5.74, 6) is 0. The molecule has 0 unspecified atom stereocenters. The molecule has 1 rings (SSSR count). The Hall–Kier alpha value is -0.500. The van der Waals surface area contributed by atoms with Crippen LogP contribution in [-0.4, -0.2) is 4.98 Å². The Labute approximate surface area is 73.3 Å². The first-order chi connectivity index (χ1) is 5.15. The summed E-state index contributed by atoms with van der Waals surface area (Å²) >= 11 is 4.38. The molecule has 1 aromatic rings. The Balaban J connectivity index is 3.24. The molecule has 0 saturated carbocycles. The smallest absolute Gasteiger partial charge is 0.0539 e. The summed E-state index contributed by atoms with van der Waals surface area (Å²) in [6.07, 6.45) is 0.960. The van der Waals surface area contributed by atoms with Crippen molar-refractivity contribution in [1.82, 2.24) is 4.98 Å². The first-order valence-corrected chi connectivity index (χ1v) is 4.26. The van der Waals surface area contributed by atoms with Gasteiger partial charge in [-0.15, -0.1) is 12.6 Å². The molecule has 0 amide bonds. The lowest BCUT2D eigenvalue weighted by Gasteiger charge is -2.05. The van der Waals surface area contributed by atoms with Crippen molar-refractivity contribution in [3.63, 3.8) is 0 Å². The summed E-state index contributed by atoms with van der Waals surface area (Å²) in [7, 11) is 0. The van der Waals surface area contributed by atoms with Crippen molar-refractivity contribution >= 4 is 12.6 Å². The average molecular weight is 167 g/mol. The molecule has 60 valence electrons. The van der Waals surface area contributed by atoms with Gasteiger partial charge in [0, 0.05) is 10.6 Å². The lowest BCUT2D eigenvalue weighted by Crippen LogP contribution is -1.94. The minimum absolute atomic E-state index is 0.960. The number of thiol groups is 1. The lowest BCUT2D eigenvalue weighted by atomic mass is 10.2. The van der Waals surface area contributed by atoms with E-state index in [-0.39, 0.29) is 0 Å². The molecule has 0 saturated heterocycles. The van der Waals surface area contributed by atoms with Gasteiger partial charge in [-0.2, -0.15) is 0 Å². The molecule has 0 N–H and O–H groups in total. The average Bonchev–Trinajstić information content (AvgIpc) is 1.96. The predicted molar refractivity (Wildman–Crippen MR) is 50.3 cm³/mol. The van der Waals surface area contributed by atoms with Crippen LogP contribution >= 0.6 is 12.6 Å². The molecule has 0 aliphatic heterocycles. The molecule has 2 heteroatoms. The highest BCUT2D eigenvalue weighted by Crippen LogP contribution is 2.17. The fourth-order valence-corrected chi connectivity index (χ4v) is 1.43. The molecule has 0 atom stereocenters. The highest BCUT2D eigenvalue weighted by Gasteiger charge is 2.01. The van der Waals surface area contributed by atoms with E-state index in [0.29, 0.717) is 0 Å². The largest absolute Gasteiger partial charge is 0.257 e. The monoisotopic (exact) mass is 167 g/mol. The topological polar surface area (TPSA) is 12.9 Å². The van der Waals surface area contributed by atoms with Gasteiger partial charge >= 0.3 is 0 Å². The number of aryl methyl sites for hydroxylation is 3. The van der Waals surface area contributed by atoms with E-state index in [1.807, 2.05) is 6.92 Å². The third-order valence-electron chi connectivity index (χ3n) is 1.72. The highest BCUT2D eigenvalue weighted by atomic mass is 32.1. The van der Waals surface area contributed by atoms with Gasteiger partial charge in [0.25, 0.3) is 0 Å². The molecular formula is C9H13NS. The molecule has 0 aromatic carbocycles. The van der Waals surface area contributed by atoms with E-state index in [2.05, 4.69) is 37.5 Å². The summed E-state index contributed by atoms with van der Waals surface area (Å²) < 4.78 is 0. The van der Waals surface area contributed by atoms with Crippen molar-refractivity contribution < 1.29 is 0 Å². The number of nitrogens with zero attached hydrogens (tertiary/aromatic N) is 1. The molecule has 0 fully saturated rings. The summed E-state index contributed by atoms with van der Waals surface area (Å²) in [5.41, 5.74) is 3.40. The number of rotatable bonds is 1. The Morgan fingerprint density at radius 1 is 1.45 bits per heavy atom. The van der Waals surface area contributed by atoms with E-state index in [0.717, 1.165) is 22.7 Å². The normalized spacial score (nSPS) is 10.2. The molecule has 1 aromatic heterocycles. The van der Waals surface area contributed by atoms with Gasteiger partial charge in [0.2, 0.25) is 0 Å². The second kappa shape index (κ2) is 3.26. The van der Waals surface area contributed by atoms with E-state index in [4.69, 9.17) is 0 Å². The van der Waals surface area contributed by atoms with Crippen LogP contribution in [0.3, 0.4) is 0 Å². The summed E-state index contributed by atoms with van der Waals surface area (Å²) in [6.45, 7) is 6.18. The molecule has 0 aliphatic rings.